The Kier molecular flexibility index (Phi) is 3.79. The van der Waals surface area contributed by atoms with Crippen molar-refractivity contribution >= 4 is 16.9 Å². The Bertz CT molecular complexity index is 712. The largest absolute Gasteiger partial charge is 0.491 e. The van der Waals surface area contributed by atoms with Crippen LogP contribution in [0, 0.1) is 6.92 Å². The summed E-state index contributed by atoms with van der Waals surface area (Å²) in [5.74, 6) is -0.444. The molecule has 0 saturated heterocycles. The van der Waals surface area contributed by atoms with Crippen LogP contribution in [0.1, 0.15) is 25.0 Å². The minimum Gasteiger partial charge on any atom is -0.491 e. The second-order valence-electron chi connectivity index (χ2n) is 4.89. The average molecular weight is 276 g/mol. The molecule has 2 aromatic rings. The molecular formula is C15H16O5. The van der Waals surface area contributed by atoms with E-state index in [0.717, 1.165) is 5.39 Å². The summed E-state index contributed by atoms with van der Waals surface area (Å²) in [5.41, 5.74) is 0.608. The second-order valence-corrected chi connectivity index (χ2v) is 4.89. The van der Waals surface area contributed by atoms with Gasteiger partial charge in [-0.2, -0.15) is 0 Å². The van der Waals surface area contributed by atoms with Crippen LogP contribution in [0.3, 0.4) is 0 Å². The van der Waals surface area contributed by atoms with Gasteiger partial charge >= 0.3 is 11.6 Å². The number of ether oxygens (including phenoxy) is 1. The predicted octanol–water partition coefficient (Wildman–Crippen LogP) is 2.52. The molecule has 20 heavy (non-hydrogen) atoms. The number of hydrogen-bond donors (Lipinski definition) is 1. The van der Waals surface area contributed by atoms with Gasteiger partial charge in [-0.05, 0) is 38.5 Å². The molecule has 0 saturated carbocycles. The zero-order valence-electron chi connectivity index (χ0n) is 11.6. The number of rotatable bonds is 4. The molecule has 0 bridgehead atoms. The highest BCUT2D eigenvalue weighted by molar-refractivity contribution is 5.83. The third kappa shape index (κ3) is 2.82. The second kappa shape index (κ2) is 5.36. The number of hydrogen-bond acceptors (Lipinski definition) is 4. The van der Waals surface area contributed by atoms with Crippen molar-refractivity contribution in [3.05, 3.63) is 39.7 Å². The zero-order valence-corrected chi connectivity index (χ0v) is 11.6. The van der Waals surface area contributed by atoms with Crippen molar-refractivity contribution in [2.75, 3.05) is 0 Å². The van der Waals surface area contributed by atoms with E-state index in [4.69, 9.17) is 14.3 Å². The first-order valence-corrected chi connectivity index (χ1v) is 6.33. The van der Waals surface area contributed by atoms with Gasteiger partial charge in [-0.3, -0.25) is 4.79 Å². The third-order valence-corrected chi connectivity index (χ3v) is 2.96. The first-order chi connectivity index (χ1) is 9.38. The van der Waals surface area contributed by atoms with Crippen molar-refractivity contribution in [1.29, 1.82) is 0 Å². The van der Waals surface area contributed by atoms with Gasteiger partial charge in [-0.15, -0.1) is 0 Å². The maximum Gasteiger partial charge on any atom is 0.340 e. The van der Waals surface area contributed by atoms with Gasteiger partial charge in [0.05, 0.1) is 18.1 Å². The molecule has 1 heterocycles. The number of fused-ring (bicyclic) bond motifs is 1. The smallest absolute Gasteiger partial charge is 0.340 e. The SMILES string of the molecule is Cc1c(CC(=O)O)c(=O)oc2cc(OC(C)C)ccc12. The van der Waals surface area contributed by atoms with Gasteiger partial charge in [-0.25, -0.2) is 4.79 Å². The lowest BCUT2D eigenvalue weighted by Crippen LogP contribution is -2.15. The molecule has 1 aromatic carbocycles. The summed E-state index contributed by atoms with van der Waals surface area (Å²) in [5, 5.41) is 9.55. The van der Waals surface area contributed by atoms with Crippen molar-refractivity contribution in [3.63, 3.8) is 0 Å². The maximum atomic E-state index is 11.9. The third-order valence-electron chi connectivity index (χ3n) is 2.96. The molecule has 0 atom stereocenters. The Balaban J connectivity index is 2.58. The van der Waals surface area contributed by atoms with Crippen LogP contribution in [-0.2, 0) is 11.2 Å². The zero-order chi connectivity index (χ0) is 14.9. The number of carboxylic acid groups (broad SMARTS) is 1. The predicted molar refractivity (Wildman–Crippen MR) is 74.3 cm³/mol. The fraction of sp³-hybridized carbons (Fsp3) is 0.333. The van der Waals surface area contributed by atoms with Crippen molar-refractivity contribution < 1.29 is 19.1 Å². The lowest BCUT2D eigenvalue weighted by Gasteiger charge is -2.11. The summed E-state index contributed by atoms with van der Waals surface area (Å²) >= 11 is 0. The number of aliphatic carboxylic acids is 1. The van der Waals surface area contributed by atoms with E-state index in [1.165, 1.54) is 0 Å². The van der Waals surface area contributed by atoms with E-state index in [9.17, 15) is 9.59 Å². The topological polar surface area (TPSA) is 76.7 Å². The van der Waals surface area contributed by atoms with Gasteiger partial charge < -0.3 is 14.3 Å². The highest BCUT2D eigenvalue weighted by Crippen LogP contribution is 2.24. The van der Waals surface area contributed by atoms with Crippen molar-refractivity contribution in [2.24, 2.45) is 0 Å². The van der Waals surface area contributed by atoms with Crippen LogP contribution in [0.25, 0.3) is 11.0 Å². The van der Waals surface area contributed by atoms with Gasteiger partial charge in [0.2, 0.25) is 0 Å². The standard InChI is InChI=1S/C15H16O5/c1-8(2)19-10-4-5-11-9(3)12(7-14(16)17)15(18)20-13(11)6-10/h4-6,8H,7H2,1-3H3,(H,16,17). The van der Waals surface area contributed by atoms with Crippen LogP contribution in [-0.4, -0.2) is 17.2 Å². The molecule has 0 fully saturated rings. The molecule has 5 nitrogen and oxygen atoms in total. The Morgan fingerprint density at radius 2 is 2.10 bits per heavy atom. The highest BCUT2D eigenvalue weighted by Gasteiger charge is 2.14. The number of carbonyl (C=O) groups is 1. The molecule has 0 aliphatic heterocycles. The summed E-state index contributed by atoms with van der Waals surface area (Å²) in [7, 11) is 0. The van der Waals surface area contributed by atoms with E-state index < -0.39 is 11.6 Å². The van der Waals surface area contributed by atoms with Crippen molar-refractivity contribution in [1.82, 2.24) is 0 Å². The summed E-state index contributed by atoms with van der Waals surface area (Å²) < 4.78 is 10.7. The Morgan fingerprint density at radius 1 is 1.40 bits per heavy atom. The molecular weight excluding hydrogens is 260 g/mol. The van der Waals surface area contributed by atoms with Crippen LogP contribution in [0.4, 0.5) is 0 Å². The van der Waals surface area contributed by atoms with Gasteiger partial charge in [-0.1, -0.05) is 0 Å². The number of aryl methyl sites for hydroxylation is 1. The molecule has 1 aromatic heterocycles. The minimum atomic E-state index is -1.06. The van der Waals surface area contributed by atoms with Gasteiger partial charge in [0.15, 0.2) is 0 Å². The molecule has 0 aliphatic rings. The van der Waals surface area contributed by atoms with Crippen LogP contribution >= 0.6 is 0 Å². The molecule has 0 spiro atoms. The van der Waals surface area contributed by atoms with E-state index in [1.807, 2.05) is 13.8 Å². The lowest BCUT2D eigenvalue weighted by atomic mass is 10.0. The molecule has 2 rings (SSSR count). The fourth-order valence-electron chi connectivity index (χ4n) is 2.08. The monoisotopic (exact) mass is 276 g/mol. The molecule has 0 unspecified atom stereocenters. The van der Waals surface area contributed by atoms with Crippen molar-refractivity contribution in [3.8, 4) is 5.75 Å². The van der Waals surface area contributed by atoms with Crippen LogP contribution in [0.2, 0.25) is 0 Å². The summed E-state index contributed by atoms with van der Waals surface area (Å²) in [4.78, 5) is 22.6. The molecule has 1 N–H and O–H groups in total. The summed E-state index contributed by atoms with van der Waals surface area (Å²) in [6.07, 6.45) is -0.319. The van der Waals surface area contributed by atoms with E-state index in [1.54, 1.807) is 25.1 Å². The van der Waals surface area contributed by atoms with E-state index in [0.29, 0.717) is 16.9 Å². The first kappa shape index (κ1) is 14.1. The highest BCUT2D eigenvalue weighted by atomic mass is 16.5. The van der Waals surface area contributed by atoms with Crippen LogP contribution in [0.15, 0.2) is 27.4 Å². The summed E-state index contributed by atoms with van der Waals surface area (Å²) in [6, 6.07) is 5.20. The van der Waals surface area contributed by atoms with E-state index in [2.05, 4.69) is 0 Å². The first-order valence-electron chi connectivity index (χ1n) is 6.33. The van der Waals surface area contributed by atoms with E-state index in [-0.39, 0.29) is 18.1 Å². The number of carboxylic acids is 1. The maximum absolute atomic E-state index is 11.9. The van der Waals surface area contributed by atoms with Gasteiger partial charge in [0.1, 0.15) is 11.3 Å². The minimum absolute atomic E-state index is 0.0200. The molecule has 0 radical (unpaired) electrons. The van der Waals surface area contributed by atoms with E-state index >= 15 is 0 Å². The van der Waals surface area contributed by atoms with Crippen LogP contribution < -0.4 is 10.4 Å². The Morgan fingerprint density at radius 3 is 2.70 bits per heavy atom. The average Bonchev–Trinajstić information content (AvgIpc) is 2.33. The molecule has 106 valence electrons. The Labute approximate surface area is 115 Å². The van der Waals surface area contributed by atoms with Gasteiger partial charge in [0.25, 0.3) is 0 Å². The van der Waals surface area contributed by atoms with Crippen molar-refractivity contribution in [2.45, 2.75) is 33.3 Å². The fourth-order valence-corrected chi connectivity index (χ4v) is 2.08. The lowest BCUT2D eigenvalue weighted by molar-refractivity contribution is -0.136. The molecule has 0 aliphatic carbocycles. The van der Waals surface area contributed by atoms with Gasteiger partial charge in [0, 0.05) is 11.5 Å². The van der Waals surface area contributed by atoms with Crippen LogP contribution in [0.5, 0.6) is 5.75 Å². The summed E-state index contributed by atoms with van der Waals surface area (Å²) in [6.45, 7) is 5.53. The molecule has 0 amide bonds. The molecule has 5 heteroatoms. The Hall–Kier alpha value is -2.30. The quantitative estimate of drug-likeness (QED) is 0.868. The number of benzene rings is 1. The normalized spacial score (nSPS) is 11.0.